The number of carbonyl (C=O) groups excluding carboxylic acids is 2. The van der Waals surface area contributed by atoms with Gasteiger partial charge in [0.05, 0.1) is 26.9 Å². The van der Waals surface area contributed by atoms with E-state index in [0.717, 1.165) is 11.1 Å². The summed E-state index contributed by atoms with van der Waals surface area (Å²) < 4.78 is 26.9. The topological polar surface area (TPSA) is 92.3 Å². The first-order chi connectivity index (χ1) is 16.5. The van der Waals surface area contributed by atoms with Gasteiger partial charge in [0.1, 0.15) is 0 Å². The molecule has 1 N–H and O–H groups in total. The monoisotopic (exact) mass is 471 g/mol. The Hall–Kier alpha value is -3.68. The van der Waals surface area contributed by atoms with Crippen LogP contribution in [0.3, 0.4) is 0 Å². The number of hydrogen-bond donors (Lipinski definition) is 1. The molecule has 2 aromatic carbocycles. The molecule has 1 amide bonds. The smallest absolute Gasteiger partial charge is 0.331 e. The number of nitrogens with one attached hydrogen (secondary N) is 1. The van der Waals surface area contributed by atoms with E-state index >= 15 is 0 Å². The predicted molar refractivity (Wildman–Crippen MR) is 130 cm³/mol. The second-order valence-corrected chi connectivity index (χ2v) is 7.03. The molecular formula is C26H33NO7. The third-order valence-corrected chi connectivity index (χ3v) is 4.59. The van der Waals surface area contributed by atoms with Gasteiger partial charge < -0.3 is 29.0 Å². The van der Waals surface area contributed by atoms with Gasteiger partial charge in [0.25, 0.3) is 5.91 Å². The zero-order chi connectivity index (χ0) is 24.8. The van der Waals surface area contributed by atoms with Crippen LogP contribution >= 0.6 is 0 Å². The summed E-state index contributed by atoms with van der Waals surface area (Å²) >= 11 is 0. The van der Waals surface area contributed by atoms with Crippen LogP contribution in [0.1, 0.15) is 31.9 Å². The predicted octanol–water partition coefficient (Wildman–Crippen LogP) is 3.81. The molecule has 0 unspecified atom stereocenters. The molecule has 0 bridgehead atoms. The van der Waals surface area contributed by atoms with Crippen molar-refractivity contribution in [3.05, 3.63) is 53.6 Å². The number of amides is 1. The van der Waals surface area contributed by atoms with Crippen molar-refractivity contribution in [2.24, 2.45) is 0 Å². The highest BCUT2D eigenvalue weighted by atomic mass is 16.5. The van der Waals surface area contributed by atoms with Gasteiger partial charge in [-0.25, -0.2) is 4.79 Å². The summed E-state index contributed by atoms with van der Waals surface area (Å²) in [5.74, 6) is 1.58. The second-order valence-electron chi connectivity index (χ2n) is 7.03. The molecule has 0 aromatic heterocycles. The van der Waals surface area contributed by atoms with Gasteiger partial charge in [0.15, 0.2) is 29.6 Å². The molecule has 2 aromatic rings. The highest BCUT2D eigenvalue weighted by Crippen LogP contribution is 2.29. The first-order valence-corrected chi connectivity index (χ1v) is 11.3. The maximum absolute atomic E-state index is 12.0. The fourth-order valence-electron chi connectivity index (χ4n) is 3.06. The number of rotatable bonds is 14. The zero-order valence-electron chi connectivity index (χ0n) is 20.2. The molecule has 0 fully saturated rings. The first kappa shape index (κ1) is 26.6. The first-order valence-electron chi connectivity index (χ1n) is 11.3. The number of benzene rings is 2. The van der Waals surface area contributed by atoms with Gasteiger partial charge in [0.2, 0.25) is 0 Å². The van der Waals surface area contributed by atoms with Crippen LogP contribution in [0, 0.1) is 0 Å². The standard InChI is InChI=1S/C26H33NO7/c1-5-31-21-11-8-19(16-23(21)30-4)10-13-26(29)34-18-25(28)27-15-14-20-9-12-22(32-6-2)24(17-20)33-7-3/h8-13,16-17H,5-7,14-15,18H2,1-4H3,(H,27,28)/b13-10+. The highest BCUT2D eigenvalue weighted by Gasteiger charge is 2.09. The SMILES string of the molecule is CCOc1ccc(/C=C/C(=O)OCC(=O)NCCc2ccc(OCC)c(OCC)c2)cc1OC. The molecule has 2 rings (SSSR count). The van der Waals surface area contributed by atoms with Crippen LogP contribution in [0.15, 0.2) is 42.5 Å². The Labute approximate surface area is 200 Å². The highest BCUT2D eigenvalue weighted by molar-refractivity contribution is 5.89. The van der Waals surface area contributed by atoms with Crippen LogP contribution in [-0.4, -0.2) is 52.0 Å². The van der Waals surface area contributed by atoms with E-state index in [9.17, 15) is 9.59 Å². The van der Waals surface area contributed by atoms with Crippen LogP contribution in [0.4, 0.5) is 0 Å². The molecule has 34 heavy (non-hydrogen) atoms. The third kappa shape index (κ3) is 8.69. The van der Waals surface area contributed by atoms with Crippen molar-refractivity contribution in [1.29, 1.82) is 0 Å². The van der Waals surface area contributed by atoms with Crippen molar-refractivity contribution in [2.45, 2.75) is 27.2 Å². The summed E-state index contributed by atoms with van der Waals surface area (Å²) in [6.07, 6.45) is 3.45. The molecule has 0 spiro atoms. The van der Waals surface area contributed by atoms with Crippen molar-refractivity contribution in [3.63, 3.8) is 0 Å². The number of methoxy groups -OCH3 is 1. The quantitative estimate of drug-likeness (QED) is 0.331. The number of carbonyl (C=O) groups is 2. The minimum absolute atomic E-state index is 0.358. The molecule has 8 heteroatoms. The molecule has 0 heterocycles. The van der Waals surface area contributed by atoms with Crippen molar-refractivity contribution in [3.8, 4) is 23.0 Å². The molecule has 0 atom stereocenters. The van der Waals surface area contributed by atoms with Gasteiger partial charge in [-0.3, -0.25) is 4.79 Å². The van der Waals surface area contributed by atoms with E-state index in [1.165, 1.54) is 6.08 Å². The lowest BCUT2D eigenvalue weighted by molar-refractivity contribution is -0.143. The molecule has 0 aliphatic rings. The molecule has 0 aliphatic heterocycles. The van der Waals surface area contributed by atoms with Gasteiger partial charge in [-0.2, -0.15) is 0 Å². The van der Waals surface area contributed by atoms with Gasteiger partial charge in [-0.05, 0) is 68.7 Å². The van der Waals surface area contributed by atoms with Gasteiger partial charge in [0, 0.05) is 12.6 Å². The zero-order valence-corrected chi connectivity index (χ0v) is 20.2. The molecule has 0 saturated carbocycles. The van der Waals surface area contributed by atoms with Crippen molar-refractivity contribution in [1.82, 2.24) is 5.32 Å². The molecule has 0 aliphatic carbocycles. The van der Waals surface area contributed by atoms with E-state index in [1.54, 1.807) is 31.4 Å². The Morgan fingerprint density at radius 2 is 1.50 bits per heavy atom. The fourth-order valence-corrected chi connectivity index (χ4v) is 3.06. The van der Waals surface area contributed by atoms with E-state index in [0.29, 0.717) is 55.8 Å². The van der Waals surface area contributed by atoms with Gasteiger partial charge in [-0.1, -0.05) is 12.1 Å². The third-order valence-electron chi connectivity index (χ3n) is 4.59. The minimum atomic E-state index is -0.615. The van der Waals surface area contributed by atoms with E-state index < -0.39 is 5.97 Å². The van der Waals surface area contributed by atoms with Gasteiger partial charge in [-0.15, -0.1) is 0 Å². The number of ether oxygens (including phenoxy) is 5. The van der Waals surface area contributed by atoms with E-state index in [4.69, 9.17) is 23.7 Å². The Balaban J connectivity index is 1.77. The molecule has 8 nitrogen and oxygen atoms in total. The van der Waals surface area contributed by atoms with Crippen LogP contribution in [0.2, 0.25) is 0 Å². The van der Waals surface area contributed by atoms with Crippen LogP contribution in [0.25, 0.3) is 6.08 Å². The number of hydrogen-bond acceptors (Lipinski definition) is 7. The van der Waals surface area contributed by atoms with E-state index in [1.807, 2.05) is 39.0 Å². The second kappa shape index (κ2) is 14.5. The molecular weight excluding hydrogens is 438 g/mol. The van der Waals surface area contributed by atoms with Crippen molar-refractivity contribution < 1.29 is 33.3 Å². The minimum Gasteiger partial charge on any atom is -0.493 e. The van der Waals surface area contributed by atoms with E-state index in [2.05, 4.69) is 5.32 Å². The summed E-state index contributed by atoms with van der Waals surface area (Å²) in [4.78, 5) is 24.0. The van der Waals surface area contributed by atoms with Crippen molar-refractivity contribution in [2.75, 3.05) is 40.1 Å². The lowest BCUT2D eigenvalue weighted by Crippen LogP contribution is -2.30. The molecule has 0 radical (unpaired) electrons. The fraction of sp³-hybridized carbons (Fsp3) is 0.385. The van der Waals surface area contributed by atoms with Crippen molar-refractivity contribution >= 4 is 18.0 Å². The van der Waals surface area contributed by atoms with E-state index in [-0.39, 0.29) is 12.5 Å². The summed E-state index contributed by atoms with van der Waals surface area (Å²) in [7, 11) is 1.55. The normalized spacial score (nSPS) is 10.6. The Kier molecular flexibility index (Phi) is 11.3. The average molecular weight is 472 g/mol. The average Bonchev–Trinajstić information content (AvgIpc) is 2.84. The Bertz CT molecular complexity index is 972. The van der Waals surface area contributed by atoms with Crippen LogP contribution in [0.5, 0.6) is 23.0 Å². The summed E-state index contributed by atoms with van der Waals surface area (Å²) in [5, 5.41) is 2.74. The van der Waals surface area contributed by atoms with Crippen LogP contribution in [-0.2, 0) is 20.7 Å². The lowest BCUT2D eigenvalue weighted by atomic mass is 10.1. The number of esters is 1. The summed E-state index contributed by atoms with van der Waals surface area (Å²) in [5.41, 5.74) is 1.74. The maximum atomic E-state index is 12.0. The largest absolute Gasteiger partial charge is 0.493 e. The summed E-state index contributed by atoms with van der Waals surface area (Å²) in [6.45, 7) is 7.37. The molecule has 184 valence electrons. The Morgan fingerprint density at radius 1 is 0.853 bits per heavy atom. The van der Waals surface area contributed by atoms with Gasteiger partial charge >= 0.3 is 5.97 Å². The molecule has 0 saturated heterocycles. The Morgan fingerprint density at radius 3 is 2.18 bits per heavy atom. The maximum Gasteiger partial charge on any atom is 0.331 e. The lowest BCUT2D eigenvalue weighted by Gasteiger charge is -2.12. The van der Waals surface area contributed by atoms with Crippen LogP contribution < -0.4 is 24.3 Å². The summed E-state index contributed by atoms with van der Waals surface area (Å²) in [6, 6.07) is 11.0.